The number of rotatable bonds is 3. The van der Waals surface area contributed by atoms with Gasteiger partial charge >= 0.3 is 5.97 Å². The molecule has 0 atom stereocenters. The molecular formula is C13H13N5O2. The fraction of sp³-hybridized carbons (Fsp3) is 0.231. The Hall–Kier alpha value is -2.88. The predicted molar refractivity (Wildman–Crippen MR) is 71.2 cm³/mol. The minimum Gasteiger partial charge on any atom is -0.462 e. The monoisotopic (exact) mass is 271 g/mol. The third-order valence-corrected chi connectivity index (χ3v) is 2.74. The topological polar surface area (TPSA) is 107 Å². The summed E-state index contributed by atoms with van der Waals surface area (Å²) in [6.45, 7) is 3.56. The zero-order chi connectivity index (χ0) is 14.7. The molecule has 20 heavy (non-hydrogen) atoms. The number of anilines is 1. The summed E-state index contributed by atoms with van der Waals surface area (Å²) in [5.41, 5.74) is 6.67. The number of nitrogens with two attached hydrogens (primary N) is 1. The van der Waals surface area contributed by atoms with Crippen LogP contribution in [0.2, 0.25) is 0 Å². The van der Waals surface area contributed by atoms with Crippen LogP contribution in [0.25, 0.3) is 5.82 Å². The van der Waals surface area contributed by atoms with Crippen LogP contribution < -0.4 is 5.73 Å². The molecule has 2 aromatic rings. The highest BCUT2D eigenvalue weighted by Crippen LogP contribution is 2.25. The van der Waals surface area contributed by atoms with Gasteiger partial charge in [0.2, 0.25) is 0 Å². The van der Waals surface area contributed by atoms with Crippen molar-refractivity contribution < 1.29 is 9.53 Å². The number of nitrogens with zero attached hydrogens (tertiary/aromatic N) is 4. The highest BCUT2D eigenvalue weighted by Gasteiger charge is 2.22. The van der Waals surface area contributed by atoms with E-state index in [4.69, 9.17) is 10.5 Å². The van der Waals surface area contributed by atoms with Crippen molar-refractivity contribution in [3.05, 3.63) is 35.5 Å². The lowest BCUT2D eigenvalue weighted by Gasteiger charge is -2.13. The number of hydrogen-bond acceptors (Lipinski definition) is 6. The van der Waals surface area contributed by atoms with Gasteiger partial charge in [-0.05, 0) is 13.8 Å². The van der Waals surface area contributed by atoms with Crippen LogP contribution in [0.5, 0.6) is 0 Å². The lowest BCUT2D eigenvalue weighted by molar-refractivity contribution is 0.0526. The summed E-state index contributed by atoms with van der Waals surface area (Å²) in [5.74, 6) is -0.239. The molecule has 0 radical (unpaired) electrons. The molecule has 0 unspecified atom stereocenters. The number of ether oxygens (including phenoxy) is 1. The Labute approximate surface area is 115 Å². The number of pyridine rings is 1. The van der Waals surface area contributed by atoms with E-state index >= 15 is 0 Å². The van der Waals surface area contributed by atoms with Crippen molar-refractivity contribution in [2.45, 2.75) is 13.8 Å². The summed E-state index contributed by atoms with van der Waals surface area (Å²) < 4.78 is 6.50. The van der Waals surface area contributed by atoms with Gasteiger partial charge in [-0.2, -0.15) is 5.26 Å². The molecule has 7 heteroatoms. The van der Waals surface area contributed by atoms with Gasteiger partial charge in [0.25, 0.3) is 0 Å². The second-order valence-corrected chi connectivity index (χ2v) is 3.99. The van der Waals surface area contributed by atoms with E-state index in [0.29, 0.717) is 11.5 Å². The maximum Gasteiger partial charge on any atom is 0.342 e. The van der Waals surface area contributed by atoms with Crippen molar-refractivity contribution in [3.8, 4) is 11.9 Å². The largest absolute Gasteiger partial charge is 0.462 e. The van der Waals surface area contributed by atoms with Crippen LogP contribution in [0, 0.1) is 18.3 Å². The van der Waals surface area contributed by atoms with Crippen LogP contribution in [0.1, 0.15) is 28.5 Å². The molecule has 2 rings (SSSR count). The molecule has 0 aliphatic heterocycles. The summed E-state index contributed by atoms with van der Waals surface area (Å²) in [4.78, 5) is 20.1. The maximum atomic E-state index is 11.9. The number of esters is 1. The fourth-order valence-corrected chi connectivity index (χ4v) is 1.85. The molecule has 0 amide bonds. The third kappa shape index (κ3) is 2.19. The highest BCUT2D eigenvalue weighted by molar-refractivity contribution is 5.98. The number of carbonyl (C=O) groups is 1. The molecule has 2 heterocycles. The van der Waals surface area contributed by atoms with Crippen molar-refractivity contribution in [1.82, 2.24) is 14.5 Å². The van der Waals surface area contributed by atoms with Gasteiger partial charge in [-0.25, -0.2) is 14.8 Å². The highest BCUT2D eigenvalue weighted by atomic mass is 16.5. The van der Waals surface area contributed by atoms with E-state index in [2.05, 4.69) is 9.97 Å². The van der Waals surface area contributed by atoms with Crippen LogP contribution in [0.15, 0.2) is 18.7 Å². The number of nitrogen functional groups attached to an aromatic ring is 1. The molecule has 2 N–H and O–H groups in total. The quantitative estimate of drug-likeness (QED) is 0.841. The van der Waals surface area contributed by atoms with E-state index in [1.165, 1.54) is 6.33 Å². The zero-order valence-electron chi connectivity index (χ0n) is 11.1. The van der Waals surface area contributed by atoms with Crippen LogP contribution in [0.3, 0.4) is 0 Å². The van der Waals surface area contributed by atoms with Gasteiger partial charge in [0.05, 0.1) is 18.0 Å². The number of imidazole rings is 1. The minimum atomic E-state index is -0.580. The number of carbonyl (C=O) groups excluding carboxylic acids is 1. The smallest absolute Gasteiger partial charge is 0.342 e. The van der Waals surface area contributed by atoms with Gasteiger partial charge in [0.1, 0.15) is 23.5 Å². The van der Waals surface area contributed by atoms with Crippen LogP contribution in [0.4, 0.5) is 5.69 Å². The summed E-state index contributed by atoms with van der Waals surface area (Å²) in [6.07, 6.45) is 4.71. The summed E-state index contributed by atoms with van der Waals surface area (Å²) in [6, 6.07) is 1.97. The van der Waals surface area contributed by atoms with Gasteiger partial charge in [0.15, 0.2) is 5.82 Å². The SMILES string of the molecule is CCOC(=O)c1c(C)nc(-n2ccnc2)c(C#N)c1N. The van der Waals surface area contributed by atoms with Crippen molar-refractivity contribution in [2.75, 3.05) is 12.3 Å². The van der Waals surface area contributed by atoms with E-state index in [-0.39, 0.29) is 23.4 Å². The lowest BCUT2D eigenvalue weighted by atomic mass is 10.1. The van der Waals surface area contributed by atoms with Gasteiger partial charge in [-0.3, -0.25) is 4.57 Å². The first-order chi connectivity index (χ1) is 9.60. The van der Waals surface area contributed by atoms with Crippen LogP contribution in [-0.4, -0.2) is 27.1 Å². The summed E-state index contributed by atoms with van der Waals surface area (Å²) >= 11 is 0. The van der Waals surface area contributed by atoms with Crippen molar-refractivity contribution >= 4 is 11.7 Å². The Bertz CT molecular complexity index is 686. The molecule has 0 saturated carbocycles. The van der Waals surface area contributed by atoms with Crippen molar-refractivity contribution in [3.63, 3.8) is 0 Å². The van der Waals surface area contributed by atoms with Crippen molar-refractivity contribution in [2.24, 2.45) is 0 Å². The maximum absolute atomic E-state index is 11.9. The predicted octanol–water partition coefficient (Wildman–Crippen LogP) is 1.21. The molecule has 0 fully saturated rings. The number of nitriles is 1. The fourth-order valence-electron chi connectivity index (χ4n) is 1.85. The lowest BCUT2D eigenvalue weighted by Crippen LogP contribution is -2.15. The molecule has 7 nitrogen and oxygen atoms in total. The number of hydrogen-bond donors (Lipinski definition) is 1. The van der Waals surface area contributed by atoms with E-state index in [0.717, 1.165) is 0 Å². The number of aromatic nitrogens is 3. The van der Waals surface area contributed by atoms with Gasteiger partial charge in [-0.15, -0.1) is 0 Å². The Morgan fingerprint density at radius 3 is 2.90 bits per heavy atom. The minimum absolute atomic E-state index is 0.0714. The summed E-state index contributed by atoms with van der Waals surface area (Å²) in [7, 11) is 0. The second kappa shape index (κ2) is 5.40. The first-order valence-corrected chi connectivity index (χ1v) is 5.95. The third-order valence-electron chi connectivity index (χ3n) is 2.74. The van der Waals surface area contributed by atoms with Gasteiger partial charge in [0, 0.05) is 12.4 Å². The van der Waals surface area contributed by atoms with Gasteiger partial charge in [-0.1, -0.05) is 0 Å². The molecule has 0 aliphatic rings. The molecule has 102 valence electrons. The Balaban J connectivity index is 2.66. The Morgan fingerprint density at radius 2 is 2.35 bits per heavy atom. The Morgan fingerprint density at radius 1 is 1.60 bits per heavy atom. The zero-order valence-corrected chi connectivity index (χ0v) is 11.1. The van der Waals surface area contributed by atoms with Crippen LogP contribution in [-0.2, 0) is 4.74 Å². The molecular weight excluding hydrogens is 258 g/mol. The molecule has 0 saturated heterocycles. The first-order valence-electron chi connectivity index (χ1n) is 5.95. The normalized spacial score (nSPS) is 10.1. The number of aryl methyl sites for hydroxylation is 1. The van der Waals surface area contributed by atoms with E-state index < -0.39 is 5.97 Å². The first kappa shape index (κ1) is 13.5. The molecule has 0 bridgehead atoms. The molecule has 0 aliphatic carbocycles. The molecule has 0 spiro atoms. The standard InChI is InChI=1S/C13H13N5O2/c1-3-20-13(19)10-8(2)17-12(9(6-14)11(10)15)18-5-4-16-7-18/h4-5,7H,3H2,1-2H3,(H2,15,17). The van der Waals surface area contributed by atoms with E-state index in [9.17, 15) is 10.1 Å². The summed E-state index contributed by atoms with van der Waals surface area (Å²) in [5, 5.41) is 9.27. The average molecular weight is 271 g/mol. The van der Waals surface area contributed by atoms with Crippen LogP contribution >= 0.6 is 0 Å². The Kier molecular flexibility index (Phi) is 3.66. The average Bonchev–Trinajstić information content (AvgIpc) is 2.92. The van der Waals surface area contributed by atoms with E-state index in [1.54, 1.807) is 30.8 Å². The second-order valence-electron chi connectivity index (χ2n) is 3.99. The molecule has 2 aromatic heterocycles. The van der Waals surface area contributed by atoms with E-state index in [1.807, 2.05) is 6.07 Å². The molecule has 0 aromatic carbocycles. The van der Waals surface area contributed by atoms with Crippen molar-refractivity contribution in [1.29, 1.82) is 5.26 Å². The van der Waals surface area contributed by atoms with Gasteiger partial charge < -0.3 is 10.5 Å².